The van der Waals surface area contributed by atoms with Crippen LogP contribution in [-0.4, -0.2) is 39.8 Å². The summed E-state index contributed by atoms with van der Waals surface area (Å²) in [6, 6.07) is 6.64. The third kappa shape index (κ3) is 5.42. The summed E-state index contributed by atoms with van der Waals surface area (Å²) >= 11 is 0. The topological polar surface area (TPSA) is 126 Å². The van der Waals surface area contributed by atoms with Gasteiger partial charge in [0, 0.05) is 24.0 Å². The van der Waals surface area contributed by atoms with E-state index >= 15 is 0 Å². The van der Waals surface area contributed by atoms with Crippen LogP contribution in [0.3, 0.4) is 0 Å². The van der Waals surface area contributed by atoms with Crippen molar-refractivity contribution in [1.29, 1.82) is 0 Å². The summed E-state index contributed by atoms with van der Waals surface area (Å²) in [5.74, 6) is -1.53. The number of hydrogen-bond donors (Lipinski definition) is 4. The van der Waals surface area contributed by atoms with Gasteiger partial charge in [-0.05, 0) is 35.9 Å². The highest BCUT2D eigenvalue weighted by Gasteiger charge is 2.31. The summed E-state index contributed by atoms with van der Waals surface area (Å²) in [4.78, 5) is 28.9. The van der Waals surface area contributed by atoms with Gasteiger partial charge in [-0.3, -0.25) is 4.79 Å². The van der Waals surface area contributed by atoms with Crippen LogP contribution in [0, 0.1) is 5.82 Å². The fourth-order valence-corrected chi connectivity index (χ4v) is 3.56. The van der Waals surface area contributed by atoms with Crippen molar-refractivity contribution in [1.82, 2.24) is 19.9 Å². The first-order chi connectivity index (χ1) is 17.6. The second-order valence-corrected chi connectivity index (χ2v) is 7.65. The number of nitrogens with zero attached hydrogens (tertiary/aromatic N) is 3. The molecular weight excluding hydrogens is 501 g/mol. The molecule has 0 aliphatic heterocycles. The van der Waals surface area contributed by atoms with Crippen LogP contribution in [0.4, 0.5) is 43.9 Å². The van der Waals surface area contributed by atoms with Crippen molar-refractivity contribution in [2.45, 2.75) is 6.18 Å². The third-order valence-corrected chi connectivity index (χ3v) is 5.20. The number of hydrogen-bond acceptors (Lipinski definition) is 5. The Bertz CT molecular complexity index is 1470. The van der Waals surface area contributed by atoms with Gasteiger partial charge in [0.25, 0.3) is 5.91 Å². The van der Waals surface area contributed by atoms with E-state index in [1.165, 1.54) is 41.3 Å². The molecule has 37 heavy (non-hydrogen) atoms. The molecule has 0 radical (unpaired) electrons. The van der Waals surface area contributed by atoms with Crippen LogP contribution in [-0.2, 0) is 6.18 Å². The maximum absolute atomic E-state index is 13.9. The predicted octanol–water partition coefficient (Wildman–Crippen LogP) is 4.48. The molecule has 14 heteroatoms. The molecule has 0 saturated heterocycles. The molecule has 0 saturated carbocycles. The number of nitrogens with one attached hydrogen (secondary N) is 3. The predicted molar refractivity (Wildman–Crippen MR) is 125 cm³/mol. The van der Waals surface area contributed by atoms with Crippen molar-refractivity contribution in [2.24, 2.45) is 0 Å². The first-order valence-corrected chi connectivity index (χ1v) is 10.6. The number of rotatable bonds is 6. The quantitative estimate of drug-likeness (QED) is 0.280. The van der Waals surface area contributed by atoms with Gasteiger partial charge in [0.2, 0.25) is 0 Å². The van der Waals surface area contributed by atoms with E-state index in [4.69, 9.17) is 5.73 Å². The zero-order chi connectivity index (χ0) is 26.7. The minimum absolute atomic E-state index is 0.0826. The van der Waals surface area contributed by atoms with E-state index in [2.05, 4.69) is 20.7 Å². The van der Waals surface area contributed by atoms with Gasteiger partial charge in [-0.25, -0.2) is 23.1 Å². The fourth-order valence-electron chi connectivity index (χ4n) is 3.56. The van der Waals surface area contributed by atoms with Crippen molar-refractivity contribution in [3.8, 4) is 11.1 Å². The van der Waals surface area contributed by atoms with Crippen LogP contribution in [0.25, 0.3) is 16.6 Å². The van der Waals surface area contributed by atoms with Gasteiger partial charge in [-0.1, -0.05) is 12.1 Å². The van der Waals surface area contributed by atoms with Crippen LogP contribution in [0.2, 0.25) is 0 Å². The Kier molecular flexibility index (Phi) is 6.91. The van der Waals surface area contributed by atoms with Gasteiger partial charge >= 0.3 is 12.2 Å². The Morgan fingerprint density at radius 2 is 1.78 bits per heavy atom. The second-order valence-electron chi connectivity index (χ2n) is 7.65. The summed E-state index contributed by atoms with van der Waals surface area (Å²) in [6.07, 6.45) is -2.09. The molecule has 4 aromatic rings. The lowest BCUT2D eigenvalue weighted by Gasteiger charge is -2.12. The van der Waals surface area contributed by atoms with Crippen LogP contribution in [0.5, 0.6) is 0 Å². The summed E-state index contributed by atoms with van der Waals surface area (Å²) in [5, 5.41) is 10.9. The number of carbonyl (C=O) groups excluding carboxylic acids is 2. The maximum atomic E-state index is 13.9. The second kappa shape index (κ2) is 10.1. The van der Waals surface area contributed by atoms with Crippen LogP contribution < -0.4 is 21.7 Å². The molecular formula is C23H18F5N7O2. The van der Waals surface area contributed by atoms with E-state index < -0.39 is 41.9 Å². The van der Waals surface area contributed by atoms with Crippen LogP contribution >= 0.6 is 0 Å². The van der Waals surface area contributed by atoms with Crippen molar-refractivity contribution < 1.29 is 31.5 Å². The van der Waals surface area contributed by atoms with Gasteiger partial charge in [-0.2, -0.15) is 18.3 Å². The number of fused-ring (bicyclic) bond motifs is 1. The number of nitrogen functional groups attached to an aromatic ring is 1. The lowest BCUT2D eigenvalue weighted by molar-refractivity contribution is -0.137. The molecule has 3 amide bonds. The summed E-state index contributed by atoms with van der Waals surface area (Å²) in [6.45, 7) is -0.959. The molecule has 0 aliphatic carbocycles. The Hall–Kier alpha value is -4.75. The first-order valence-electron chi connectivity index (χ1n) is 10.6. The monoisotopic (exact) mass is 519 g/mol. The molecule has 2 aromatic heterocycles. The molecule has 2 aromatic carbocycles. The molecule has 5 N–H and O–H groups in total. The first kappa shape index (κ1) is 25.3. The zero-order valence-corrected chi connectivity index (χ0v) is 18.7. The van der Waals surface area contributed by atoms with Gasteiger partial charge < -0.3 is 21.7 Å². The van der Waals surface area contributed by atoms with E-state index in [1.807, 2.05) is 5.32 Å². The standard InChI is InChI=1S/C23H18F5N7O2/c24-7-8-30-21(36)15-10-35-19(20(29)31-11-32-35)18(15)12-1-4-14(5-2-12)33-22(37)34-17-9-13(23(26,27)28)3-6-16(17)25/h1-6,9-11H,7-8H2,(H,30,36)(H2,29,31,32)(H2,33,34,37). The van der Waals surface area contributed by atoms with Crippen LogP contribution in [0.15, 0.2) is 55.0 Å². The third-order valence-electron chi connectivity index (χ3n) is 5.20. The molecule has 0 fully saturated rings. The largest absolute Gasteiger partial charge is 0.416 e. The highest BCUT2D eigenvalue weighted by molar-refractivity contribution is 6.07. The molecule has 2 heterocycles. The number of carbonyl (C=O) groups is 2. The lowest BCUT2D eigenvalue weighted by Crippen LogP contribution is -2.25. The molecule has 0 spiro atoms. The highest BCUT2D eigenvalue weighted by atomic mass is 19.4. The smallest absolute Gasteiger partial charge is 0.382 e. The highest BCUT2D eigenvalue weighted by Crippen LogP contribution is 2.34. The van der Waals surface area contributed by atoms with E-state index in [-0.39, 0.29) is 23.6 Å². The van der Waals surface area contributed by atoms with Gasteiger partial charge in [0.15, 0.2) is 5.82 Å². The van der Waals surface area contributed by atoms with Crippen molar-refractivity contribution in [2.75, 3.05) is 29.6 Å². The summed E-state index contributed by atoms with van der Waals surface area (Å²) in [5.41, 5.74) is 5.75. The van der Waals surface area contributed by atoms with E-state index in [1.54, 1.807) is 0 Å². The Morgan fingerprint density at radius 1 is 1.05 bits per heavy atom. The molecule has 0 atom stereocenters. The summed E-state index contributed by atoms with van der Waals surface area (Å²) in [7, 11) is 0. The minimum atomic E-state index is -4.71. The van der Waals surface area contributed by atoms with Gasteiger partial charge in [0.1, 0.15) is 24.3 Å². The number of aromatic nitrogens is 3. The fraction of sp³-hybridized carbons (Fsp3) is 0.130. The normalized spacial score (nSPS) is 11.4. The Labute approximate surface area is 205 Å². The number of alkyl halides is 4. The van der Waals surface area contributed by atoms with E-state index in [0.29, 0.717) is 34.8 Å². The average Bonchev–Trinajstić information content (AvgIpc) is 3.25. The number of halogens is 5. The lowest BCUT2D eigenvalue weighted by atomic mass is 10.0. The van der Waals surface area contributed by atoms with Gasteiger partial charge in [-0.15, -0.1) is 0 Å². The minimum Gasteiger partial charge on any atom is -0.382 e. The van der Waals surface area contributed by atoms with E-state index in [0.717, 1.165) is 0 Å². The molecule has 9 nitrogen and oxygen atoms in total. The SMILES string of the molecule is Nc1ncnn2cc(C(=O)NCCF)c(-c3ccc(NC(=O)Nc4cc(C(F)(F)F)ccc4F)cc3)c12. The molecule has 0 bridgehead atoms. The zero-order valence-electron chi connectivity index (χ0n) is 18.7. The maximum Gasteiger partial charge on any atom is 0.416 e. The Morgan fingerprint density at radius 3 is 2.46 bits per heavy atom. The molecule has 4 rings (SSSR count). The number of benzene rings is 2. The summed E-state index contributed by atoms with van der Waals surface area (Å²) < 4.78 is 66.5. The number of anilines is 3. The average molecular weight is 519 g/mol. The van der Waals surface area contributed by atoms with Crippen molar-refractivity contribution in [3.05, 3.63) is 71.9 Å². The van der Waals surface area contributed by atoms with E-state index in [9.17, 15) is 31.5 Å². The molecule has 192 valence electrons. The number of amides is 3. The van der Waals surface area contributed by atoms with Crippen LogP contribution in [0.1, 0.15) is 15.9 Å². The van der Waals surface area contributed by atoms with Crippen molar-refractivity contribution >= 4 is 34.6 Å². The van der Waals surface area contributed by atoms with Gasteiger partial charge in [0.05, 0.1) is 16.8 Å². The van der Waals surface area contributed by atoms with Crippen molar-refractivity contribution in [3.63, 3.8) is 0 Å². The molecule has 0 unspecified atom stereocenters. The molecule has 0 aliphatic rings. The number of nitrogens with two attached hydrogens (primary N) is 1. The Balaban J connectivity index is 1.58. The number of urea groups is 1.